The molecule has 0 saturated carbocycles. The highest BCUT2D eigenvalue weighted by Crippen LogP contribution is 2.34. The third-order valence-electron chi connectivity index (χ3n) is 3.60. The number of carbonyl (C=O) groups is 2. The molecule has 0 unspecified atom stereocenters. The van der Waals surface area contributed by atoms with Crippen LogP contribution in [0.15, 0.2) is 18.2 Å². The van der Waals surface area contributed by atoms with E-state index >= 15 is 0 Å². The number of anilines is 1. The van der Waals surface area contributed by atoms with Gasteiger partial charge in [-0.3, -0.25) is 9.59 Å². The molecule has 1 saturated heterocycles. The van der Waals surface area contributed by atoms with Crippen molar-refractivity contribution >= 4 is 29.9 Å². The maximum Gasteiger partial charge on any atom is 0.416 e. The quantitative estimate of drug-likeness (QED) is 0.844. The minimum absolute atomic E-state index is 0. The zero-order valence-electron chi connectivity index (χ0n) is 13.9. The van der Waals surface area contributed by atoms with E-state index in [-0.39, 0.29) is 36.1 Å². The molecule has 5 nitrogen and oxygen atoms in total. The molecule has 1 aromatic rings. The summed E-state index contributed by atoms with van der Waals surface area (Å²) in [5.74, 6) is -0.906. The zero-order valence-corrected chi connectivity index (χ0v) is 14.8. The van der Waals surface area contributed by atoms with Crippen molar-refractivity contribution < 1.29 is 22.8 Å². The highest BCUT2D eigenvalue weighted by Gasteiger charge is 2.33. The second kappa shape index (κ2) is 7.61. The Labute approximate surface area is 150 Å². The van der Waals surface area contributed by atoms with Crippen molar-refractivity contribution in [2.75, 3.05) is 18.0 Å². The van der Waals surface area contributed by atoms with Gasteiger partial charge in [-0.25, -0.2) is 0 Å². The van der Waals surface area contributed by atoms with Gasteiger partial charge in [-0.1, -0.05) is 0 Å². The van der Waals surface area contributed by atoms with Crippen LogP contribution in [0, 0.1) is 0 Å². The Bertz CT molecular complexity index is 657. The summed E-state index contributed by atoms with van der Waals surface area (Å²) in [6, 6.07) is 2.98. The molecule has 1 fully saturated rings. The summed E-state index contributed by atoms with van der Waals surface area (Å²) < 4.78 is 39.3. The van der Waals surface area contributed by atoms with Gasteiger partial charge in [0, 0.05) is 36.3 Å². The van der Waals surface area contributed by atoms with Crippen molar-refractivity contribution in [1.82, 2.24) is 5.32 Å². The average Bonchev–Trinajstić information content (AvgIpc) is 2.88. The predicted molar refractivity (Wildman–Crippen MR) is 90.9 cm³/mol. The van der Waals surface area contributed by atoms with Gasteiger partial charge in [-0.2, -0.15) is 13.2 Å². The number of benzene rings is 1. The lowest BCUT2D eigenvalue weighted by Gasteiger charge is -2.21. The monoisotopic (exact) mass is 379 g/mol. The number of halogens is 4. The Morgan fingerprint density at radius 1 is 1.28 bits per heavy atom. The van der Waals surface area contributed by atoms with E-state index in [1.165, 1.54) is 11.0 Å². The lowest BCUT2D eigenvalue weighted by Crippen LogP contribution is -2.45. The SMILES string of the molecule is CC(C)(N)CNC(=O)c1cc(N2CCCC2=O)cc(C(F)(F)F)c1.Cl. The minimum atomic E-state index is -4.61. The van der Waals surface area contributed by atoms with E-state index in [0.29, 0.717) is 19.4 Å². The molecule has 0 atom stereocenters. The van der Waals surface area contributed by atoms with E-state index in [9.17, 15) is 22.8 Å². The van der Waals surface area contributed by atoms with Gasteiger partial charge in [-0.05, 0) is 38.5 Å². The van der Waals surface area contributed by atoms with Crippen LogP contribution < -0.4 is 16.0 Å². The molecule has 0 bridgehead atoms. The van der Waals surface area contributed by atoms with Crippen molar-refractivity contribution in [2.45, 2.75) is 38.4 Å². The molecule has 1 aliphatic rings. The zero-order chi connectivity index (χ0) is 18.1. The van der Waals surface area contributed by atoms with Crippen molar-refractivity contribution in [3.8, 4) is 0 Å². The molecule has 0 aromatic heterocycles. The van der Waals surface area contributed by atoms with Gasteiger partial charge < -0.3 is 16.0 Å². The van der Waals surface area contributed by atoms with Crippen molar-refractivity contribution in [3.05, 3.63) is 29.3 Å². The highest BCUT2D eigenvalue weighted by molar-refractivity contribution is 5.99. The molecule has 2 amide bonds. The van der Waals surface area contributed by atoms with Crippen LogP contribution in [0.25, 0.3) is 0 Å². The van der Waals surface area contributed by atoms with Crippen LogP contribution in [0.1, 0.15) is 42.6 Å². The van der Waals surface area contributed by atoms with Gasteiger partial charge in [-0.15, -0.1) is 12.4 Å². The molecule has 1 aromatic carbocycles. The van der Waals surface area contributed by atoms with Crippen LogP contribution in [-0.4, -0.2) is 30.4 Å². The number of rotatable bonds is 4. The van der Waals surface area contributed by atoms with Crippen molar-refractivity contribution in [2.24, 2.45) is 5.73 Å². The first-order chi connectivity index (χ1) is 11.0. The molecule has 0 aliphatic carbocycles. The number of hydrogen-bond acceptors (Lipinski definition) is 3. The maximum absolute atomic E-state index is 13.1. The lowest BCUT2D eigenvalue weighted by atomic mass is 10.1. The molecule has 2 rings (SSSR count). The Hall–Kier alpha value is -1.80. The molecule has 1 heterocycles. The maximum atomic E-state index is 13.1. The number of alkyl halides is 3. The third kappa shape index (κ3) is 5.61. The van der Waals surface area contributed by atoms with Crippen LogP contribution in [-0.2, 0) is 11.0 Å². The fourth-order valence-electron chi connectivity index (χ4n) is 2.39. The van der Waals surface area contributed by atoms with Gasteiger partial charge >= 0.3 is 6.18 Å². The topological polar surface area (TPSA) is 75.4 Å². The van der Waals surface area contributed by atoms with Crippen molar-refractivity contribution in [1.29, 1.82) is 0 Å². The number of carbonyl (C=O) groups excluding carboxylic acids is 2. The number of nitrogens with one attached hydrogen (secondary N) is 1. The summed E-state index contributed by atoms with van der Waals surface area (Å²) >= 11 is 0. The van der Waals surface area contributed by atoms with E-state index in [4.69, 9.17) is 5.73 Å². The summed E-state index contributed by atoms with van der Waals surface area (Å²) in [6.07, 6.45) is -3.74. The Morgan fingerprint density at radius 3 is 2.40 bits per heavy atom. The van der Waals surface area contributed by atoms with Gasteiger partial charge in [0.25, 0.3) is 5.91 Å². The van der Waals surface area contributed by atoms with Crippen LogP contribution in [0.5, 0.6) is 0 Å². The largest absolute Gasteiger partial charge is 0.416 e. The molecule has 25 heavy (non-hydrogen) atoms. The number of nitrogens with zero attached hydrogens (tertiary/aromatic N) is 1. The summed E-state index contributed by atoms with van der Waals surface area (Å²) in [5, 5.41) is 2.51. The minimum Gasteiger partial charge on any atom is -0.350 e. The number of hydrogen-bond donors (Lipinski definition) is 2. The summed E-state index contributed by atoms with van der Waals surface area (Å²) in [5.41, 5.74) is 4.05. The van der Waals surface area contributed by atoms with E-state index in [1.54, 1.807) is 13.8 Å². The Balaban J connectivity index is 0.00000312. The molecule has 0 radical (unpaired) electrons. The molecule has 1 aliphatic heterocycles. The van der Waals surface area contributed by atoms with Gasteiger partial charge in [0.05, 0.1) is 5.56 Å². The van der Waals surface area contributed by atoms with Crippen LogP contribution >= 0.6 is 12.4 Å². The smallest absolute Gasteiger partial charge is 0.350 e. The predicted octanol–water partition coefficient (Wildman–Crippen LogP) is 2.72. The van der Waals surface area contributed by atoms with Crippen LogP contribution in [0.3, 0.4) is 0 Å². The number of amides is 2. The van der Waals surface area contributed by atoms with Gasteiger partial charge in [0.15, 0.2) is 0 Å². The van der Waals surface area contributed by atoms with E-state index in [1.807, 2.05) is 0 Å². The lowest BCUT2D eigenvalue weighted by molar-refractivity contribution is -0.137. The molecule has 140 valence electrons. The normalized spacial score (nSPS) is 15.1. The fraction of sp³-hybridized carbons (Fsp3) is 0.500. The van der Waals surface area contributed by atoms with E-state index in [2.05, 4.69) is 5.32 Å². The molecular formula is C16H21ClF3N3O2. The first kappa shape index (κ1) is 21.2. The first-order valence-corrected chi connectivity index (χ1v) is 7.57. The summed E-state index contributed by atoms with van der Waals surface area (Å²) in [4.78, 5) is 25.3. The van der Waals surface area contributed by atoms with E-state index in [0.717, 1.165) is 12.1 Å². The second-order valence-corrected chi connectivity index (χ2v) is 6.59. The third-order valence-corrected chi connectivity index (χ3v) is 3.60. The van der Waals surface area contributed by atoms with Crippen LogP contribution in [0.4, 0.5) is 18.9 Å². The Kier molecular flexibility index (Phi) is 6.47. The molecular weight excluding hydrogens is 359 g/mol. The first-order valence-electron chi connectivity index (χ1n) is 7.57. The highest BCUT2D eigenvalue weighted by atomic mass is 35.5. The van der Waals surface area contributed by atoms with E-state index < -0.39 is 23.2 Å². The second-order valence-electron chi connectivity index (χ2n) is 6.59. The van der Waals surface area contributed by atoms with Gasteiger partial charge in [0.2, 0.25) is 5.91 Å². The van der Waals surface area contributed by atoms with Crippen LogP contribution in [0.2, 0.25) is 0 Å². The fourth-order valence-corrected chi connectivity index (χ4v) is 2.39. The van der Waals surface area contributed by atoms with Crippen molar-refractivity contribution in [3.63, 3.8) is 0 Å². The standard InChI is InChI=1S/C16H20F3N3O2.ClH/c1-15(2,20)9-21-14(24)10-6-11(16(17,18)19)8-12(7-10)22-5-3-4-13(22)23;/h6-8H,3-5,9,20H2,1-2H3,(H,21,24);1H. The molecule has 0 spiro atoms. The Morgan fingerprint density at radius 2 is 1.92 bits per heavy atom. The summed E-state index contributed by atoms with van der Waals surface area (Å²) in [7, 11) is 0. The molecule has 9 heteroatoms. The van der Waals surface area contributed by atoms with Gasteiger partial charge in [0.1, 0.15) is 0 Å². The number of nitrogens with two attached hydrogens (primary N) is 1. The summed E-state index contributed by atoms with van der Waals surface area (Å²) in [6.45, 7) is 3.83. The average molecular weight is 380 g/mol. The molecule has 3 N–H and O–H groups in total.